The number of piperidine rings is 1. The second-order valence-electron chi connectivity index (χ2n) is 9.65. The minimum absolute atomic E-state index is 0.187. The van der Waals surface area contributed by atoms with Gasteiger partial charge in [-0.3, -0.25) is 14.7 Å². The number of amides is 1. The minimum Gasteiger partial charge on any atom is -0.355 e. The standard InChI is InChI=1S/C26H36N6O/c33-26(28-21-9-13-27-14-10-21)24-7-3-8-25(29-24)32-16-4-15-30(19-20-32)23-11-17-31(18-12-23)22-5-1-2-6-22/h3,7-10,13-14,22-23H,1-2,4-6,11-12,15-20H2,(H,27,28,33). The van der Waals surface area contributed by atoms with E-state index in [4.69, 9.17) is 4.98 Å². The first-order valence-corrected chi connectivity index (χ1v) is 12.7. The number of hydrogen-bond donors (Lipinski definition) is 1. The third kappa shape index (κ3) is 5.53. The van der Waals surface area contributed by atoms with Crippen LogP contribution in [-0.2, 0) is 0 Å². The van der Waals surface area contributed by atoms with Gasteiger partial charge in [0.15, 0.2) is 0 Å². The summed E-state index contributed by atoms with van der Waals surface area (Å²) in [5.74, 6) is 0.712. The van der Waals surface area contributed by atoms with E-state index in [1.165, 1.54) is 51.6 Å². The molecule has 176 valence electrons. The minimum atomic E-state index is -0.187. The highest BCUT2D eigenvalue weighted by molar-refractivity contribution is 6.03. The van der Waals surface area contributed by atoms with Gasteiger partial charge in [-0.25, -0.2) is 4.98 Å². The number of carbonyl (C=O) groups is 1. The lowest BCUT2D eigenvalue weighted by molar-refractivity contribution is 0.0884. The predicted octanol–water partition coefficient (Wildman–Crippen LogP) is 3.65. The van der Waals surface area contributed by atoms with E-state index < -0.39 is 0 Å². The van der Waals surface area contributed by atoms with Gasteiger partial charge in [-0.1, -0.05) is 18.9 Å². The average Bonchev–Trinajstić information content (AvgIpc) is 3.29. The number of anilines is 2. The van der Waals surface area contributed by atoms with Crippen LogP contribution in [0.4, 0.5) is 11.5 Å². The molecule has 0 aromatic carbocycles. The lowest BCUT2D eigenvalue weighted by Crippen LogP contribution is -2.48. The van der Waals surface area contributed by atoms with E-state index in [-0.39, 0.29) is 5.91 Å². The van der Waals surface area contributed by atoms with Gasteiger partial charge in [0.1, 0.15) is 11.5 Å². The highest BCUT2D eigenvalue weighted by Crippen LogP contribution is 2.28. The van der Waals surface area contributed by atoms with E-state index in [0.717, 1.165) is 50.1 Å². The monoisotopic (exact) mass is 448 g/mol. The molecule has 0 radical (unpaired) electrons. The number of carbonyl (C=O) groups excluding carboxylic acids is 1. The zero-order chi connectivity index (χ0) is 22.5. The number of aromatic nitrogens is 2. The molecule has 0 bridgehead atoms. The van der Waals surface area contributed by atoms with Crippen molar-refractivity contribution in [3.8, 4) is 0 Å². The smallest absolute Gasteiger partial charge is 0.274 e. The summed E-state index contributed by atoms with van der Waals surface area (Å²) in [5.41, 5.74) is 1.18. The van der Waals surface area contributed by atoms with Crippen LogP contribution in [0.25, 0.3) is 0 Å². The van der Waals surface area contributed by atoms with Crippen LogP contribution in [0.5, 0.6) is 0 Å². The first kappa shape index (κ1) is 22.3. The van der Waals surface area contributed by atoms with E-state index in [2.05, 4.69) is 25.0 Å². The van der Waals surface area contributed by atoms with Gasteiger partial charge in [0.25, 0.3) is 5.91 Å². The SMILES string of the molecule is O=C(Nc1ccncc1)c1cccc(N2CCCN(C3CCN(C4CCCC4)CC3)CC2)n1. The largest absolute Gasteiger partial charge is 0.355 e. The first-order valence-electron chi connectivity index (χ1n) is 12.7. The summed E-state index contributed by atoms with van der Waals surface area (Å²) < 4.78 is 0. The van der Waals surface area contributed by atoms with Crippen molar-refractivity contribution in [1.82, 2.24) is 19.8 Å². The molecule has 2 aliphatic heterocycles. The van der Waals surface area contributed by atoms with Gasteiger partial charge >= 0.3 is 0 Å². The Morgan fingerprint density at radius 2 is 1.52 bits per heavy atom. The van der Waals surface area contributed by atoms with Crippen molar-refractivity contribution < 1.29 is 4.79 Å². The molecule has 0 unspecified atom stereocenters. The molecule has 1 N–H and O–H groups in total. The zero-order valence-corrected chi connectivity index (χ0v) is 19.5. The number of likely N-dealkylation sites (tertiary alicyclic amines) is 1. The molecule has 2 aromatic rings. The van der Waals surface area contributed by atoms with Crippen molar-refractivity contribution in [3.63, 3.8) is 0 Å². The highest BCUT2D eigenvalue weighted by atomic mass is 16.1. The molecule has 5 rings (SSSR count). The van der Waals surface area contributed by atoms with Gasteiger partial charge in [-0.05, 0) is 69.5 Å². The second-order valence-corrected chi connectivity index (χ2v) is 9.65. The Morgan fingerprint density at radius 3 is 2.30 bits per heavy atom. The fourth-order valence-electron chi connectivity index (χ4n) is 5.77. The number of rotatable bonds is 5. The second kappa shape index (κ2) is 10.6. The number of nitrogens with zero attached hydrogens (tertiary/aromatic N) is 5. The fraction of sp³-hybridized carbons (Fsp3) is 0.577. The summed E-state index contributed by atoms with van der Waals surface area (Å²) in [6.45, 7) is 6.72. The van der Waals surface area contributed by atoms with Crippen LogP contribution < -0.4 is 10.2 Å². The van der Waals surface area contributed by atoms with Crippen molar-refractivity contribution in [1.29, 1.82) is 0 Å². The lowest BCUT2D eigenvalue weighted by atomic mass is 10.0. The van der Waals surface area contributed by atoms with Crippen molar-refractivity contribution in [3.05, 3.63) is 48.4 Å². The Bertz CT molecular complexity index is 908. The Kier molecular flexibility index (Phi) is 7.17. The summed E-state index contributed by atoms with van der Waals surface area (Å²) in [6, 6.07) is 10.9. The molecule has 1 saturated carbocycles. The number of pyridine rings is 2. The molecule has 0 spiro atoms. The Morgan fingerprint density at radius 1 is 0.788 bits per heavy atom. The maximum atomic E-state index is 12.7. The molecular weight excluding hydrogens is 412 g/mol. The molecule has 2 aromatic heterocycles. The van der Waals surface area contributed by atoms with E-state index in [1.807, 2.05) is 12.1 Å². The van der Waals surface area contributed by atoms with Gasteiger partial charge in [-0.2, -0.15) is 0 Å². The molecule has 2 saturated heterocycles. The van der Waals surface area contributed by atoms with Crippen LogP contribution in [0.2, 0.25) is 0 Å². The van der Waals surface area contributed by atoms with Crippen LogP contribution in [0.3, 0.4) is 0 Å². The molecule has 33 heavy (non-hydrogen) atoms. The molecule has 7 nitrogen and oxygen atoms in total. The molecule has 1 amide bonds. The third-order valence-electron chi connectivity index (χ3n) is 7.62. The van der Waals surface area contributed by atoms with Crippen molar-refractivity contribution in [2.75, 3.05) is 49.5 Å². The van der Waals surface area contributed by atoms with Gasteiger partial charge in [-0.15, -0.1) is 0 Å². The molecule has 4 heterocycles. The molecule has 3 aliphatic rings. The van der Waals surface area contributed by atoms with Gasteiger partial charge in [0.2, 0.25) is 0 Å². The van der Waals surface area contributed by atoms with E-state index in [1.54, 1.807) is 30.6 Å². The number of nitrogens with one attached hydrogen (secondary N) is 1. The summed E-state index contributed by atoms with van der Waals surface area (Å²) in [7, 11) is 0. The molecule has 3 fully saturated rings. The van der Waals surface area contributed by atoms with Crippen LogP contribution in [0.15, 0.2) is 42.7 Å². The Balaban J connectivity index is 1.16. The van der Waals surface area contributed by atoms with E-state index >= 15 is 0 Å². The van der Waals surface area contributed by atoms with E-state index in [0.29, 0.717) is 11.7 Å². The number of hydrogen-bond acceptors (Lipinski definition) is 6. The van der Waals surface area contributed by atoms with Gasteiger partial charge < -0.3 is 15.1 Å². The normalized spacial score (nSPS) is 21.8. The van der Waals surface area contributed by atoms with Crippen molar-refractivity contribution in [2.45, 2.75) is 57.0 Å². The average molecular weight is 449 g/mol. The topological polar surface area (TPSA) is 64.6 Å². The van der Waals surface area contributed by atoms with Gasteiger partial charge in [0.05, 0.1) is 0 Å². The van der Waals surface area contributed by atoms with Crippen LogP contribution in [0, 0.1) is 0 Å². The Labute approximate surface area is 197 Å². The summed E-state index contributed by atoms with van der Waals surface area (Å²) in [6.07, 6.45) is 12.8. The third-order valence-corrected chi connectivity index (χ3v) is 7.62. The summed E-state index contributed by atoms with van der Waals surface area (Å²) >= 11 is 0. The zero-order valence-electron chi connectivity index (χ0n) is 19.5. The predicted molar refractivity (Wildman–Crippen MR) is 132 cm³/mol. The van der Waals surface area contributed by atoms with Crippen molar-refractivity contribution in [2.24, 2.45) is 0 Å². The van der Waals surface area contributed by atoms with E-state index in [9.17, 15) is 4.79 Å². The fourth-order valence-corrected chi connectivity index (χ4v) is 5.77. The molecular formula is C26H36N6O. The molecule has 7 heteroatoms. The van der Waals surface area contributed by atoms with Crippen molar-refractivity contribution >= 4 is 17.4 Å². The van der Waals surface area contributed by atoms with Crippen LogP contribution in [0.1, 0.15) is 55.4 Å². The first-order chi connectivity index (χ1) is 16.3. The molecule has 1 aliphatic carbocycles. The summed E-state index contributed by atoms with van der Waals surface area (Å²) in [5, 5.41) is 2.90. The Hall–Kier alpha value is -2.51. The van der Waals surface area contributed by atoms with Crippen LogP contribution >= 0.6 is 0 Å². The quantitative estimate of drug-likeness (QED) is 0.753. The van der Waals surface area contributed by atoms with Crippen LogP contribution in [-0.4, -0.2) is 77.0 Å². The maximum Gasteiger partial charge on any atom is 0.274 e. The molecule has 0 atom stereocenters. The lowest BCUT2D eigenvalue weighted by Gasteiger charge is -2.40. The maximum absolute atomic E-state index is 12.7. The highest BCUT2D eigenvalue weighted by Gasteiger charge is 2.30. The summed E-state index contributed by atoms with van der Waals surface area (Å²) in [4.78, 5) is 29.2. The van der Waals surface area contributed by atoms with Gasteiger partial charge in [0, 0.05) is 56.3 Å².